The van der Waals surface area contributed by atoms with Crippen molar-refractivity contribution in [3.05, 3.63) is 36.3 Å². The minimum atomic E-state index is -3.91. The highest BCUT2D eigenvalue weighted by Crippen LogP contribution is 2.36. The Morgan fingerprint density at radius 3 is 2.67 bits per heavy atom. The molecule has 2 aliphatic rings. The number of aliphatic hydroxyl groups is 1. The van der Waals surface area contributed by atoms with Crippen LogP contribution in [0, 0.1) is 11.8 Å². The fourth-order valence-corrected chi connectivity index (χ4v) is 5.93. The zero-order valence-corrected chi connectivity index (χ0v) is 23.6. The van der Waals surface area contributed by atoms with Gasteiger partial charge < -0.3 is 29.4 Å². The van der Waals surface area contributed by atoms with Gasteiger partial charge in [-0.05, 0) is 31.9 Å². The Morgan fingerprint density at radius 2 is 2.03 bits per heavy atom. The zero-order chi connectivity index (χ0) is 28.3. The van der Waals surface area contributed by atoms with Gasteiger partial charge in [-0.3, -0.25) is 9.59 Å². The first kappa shape index (κ1) is 29.0. The van der Waals surface area contributed by atoms with Crippen molar-refractivity contribution in [1.82, 2.24) is 18.8 Å². The van der Waals surface area contributed by atoms with Crippen molar-refractivity contribution in [3.8, 4) is 5.75 Å². The number of nitrogens with one attached hydrogen (secondary N) is 1. The molecule has 1 aromatic carbocycles. The highest BCUT2D eigenvalue weighted by Gasteiger charge is 2.37. The number of carbonyl (C=O) groups excluding carboxylic acids is 2. The van der Waals surface area contributed by atoms with Crippen molar-refractivity contribution >= 4 is 27.5 Å². The lowest BCUT2D eigenvalue weighted by molar-refractivity contribution is -0.122. The first-order valence-electron chi connectivity index (χ1n) is 13.1. The first-order valence-corrected chi connectivity index (χ1v) is 14.5. The third-order valence-corrected chi connectivity index (χ3v) is 9.04. The number of rotatable bonds is 8. The van der Waals surface area contributed by atoms with Crippen LogP contribution in [0.4, 0.5) is 5.69 Å². The monoisotopic (exact) mass is 563 g/mol. The molecule has 0 radical (unpaired) electrons. The van der Waals surface area contributed by atoms with Gasteiger partial charge in [-0.2, -0.15) is 4.31 Å². The molecule has 1 fully saturated rings. The fourth-order valence-electron chi connectivity index (χ4n) is 4.79. The number of aryl methyl sites for hydroxylation is 1. The number of sulfonamides is 1. The summed E-state index contributed by atoms with van der Waals surface area (Å²) in [5, 5.41) is 12.7. The lowest BCUT2D eigenvalue weighted by atomic mass is 9.98. The molecule has 214 valence electrons. The van der Waals surface area contributed by atoms with Crippen LogP contribution in [0.1, 0.15) is 37.0 Å². The number of amides is 2. The maximum absolute atomic E-state index is 13.6. The van der Waals surface area contributed by atoms with Crippen LogP contribution in [-0.4, -0.2) is 96.2 Å². The van der Waals surface area contributed by atoms with Gasteiger partial charge in [-0.1, -0.05) is 13.0 Å². The van der Waals surface area contributed by atoms with Crippen LogP contribution >= 0.6 is 0 Å². The van der Waals surface area contributed by atoms with Gasteiger partial charge in [-0.15, -0.1) is 0 Å². The van der Waals surface area contributed by atoms with Gasteiger partial charge in [-0.25, -0.2) is 13.4 Å². The highest BCUT2D eigenvalue weighted by molar-refractivity contribution is 7.89. The van der Waals surface area contributed by atoms with E-state index in [0.29, 0.717) is 31.7 Å². The number of anilines is 1. The number of carbonyl (C=O) groups is 2. The van der Waals surface area contributed by atoms with Gasteiger partial charge in [0.25, 0.3) is 15.9 Å². The van der Waals surface area contributed by atoms with E-state index in [4.69, 9.17) is 9.47 Å². The standard InChI is InChI=1S/C26H37N5O7S/c1-17-12-31(18(2)15-32)26(34)20-6-5-7-21(28-25(33)19-8-10-37-11-9-19)24(20)38-22(17)13-30(4)39(35,36)23-14-29(3)16-27-23/h5-7,14,16-19,22,32H,8-13,15H2,1-4H3,(H,28,33)/t17-,18+,22-/m0/s1. The predicted molar refractivity (Wildman–Crippen MR) is 143 cm³/mol. The first-order chi connectivity index (χ1) is 18.5. The quantitative estimate of drug-likeness (QED) is 0.490. The van der Waals surface area contributed by atoms with Crippen LogP contribution in [0.25, 0.3) is 0 Å². The number of hydrogen-bond acceptors (Lipinski definition) is 8. The third-order valence-electron chi connectivity index (χ3n) is 7.33. The predicted octanol–water partition coefficient (Wildman–Crippen LogP) is 1.33. The Bertz CT molecular complexity index is 1290. The molecule has 0 unspecified atom stereocenters. The van der Waals surface area contributed by atoms with E-state index in [-0.39, 0.29) is 59.7 Å². The summed E-state index contributed by atoms with van der Waals surface area (Å²) < 4.78 is 41.0. The van der Waals surface area contributed by atoms with Crippen molar-refractivity contribution in [2.45, 2.75) is 43.9 Å². The zero-order valence-electron chi connectivity index (χ0n) is 22.7. The van der Waals surface area contributed by atoms with Gasteiger partial charge in [0.1, 0.15) is 6.10 Å². The Kier molecular flexibility index (Phi) is 8.94. The smallest absolute Gasteiger partial charge is 0.261 e. The second-order valence-corrected chi connectivity index (χ2v) is 12.3. The van der Waals surface area contributed by atoms with Gasteiger partial charge in [0.2, 0.25) is 5.91 Å². The molecule has 39 heavy (non-hydrogen) atoms. The number of nitrogens with zero attached hydrogens (tertiary/aromatic N) is 4. The SMILES string of the molecule is C[C@H](CO)N1C[C@H](C)[C@H](CN(C)S(=O)(=O)c2cn(C)cn2)Oc2c(NC(=O)C3CCOCC3)cccc2C1=O. The van der Waals surface area contributed by atoms with Crippen molar-refractivity contribution in [2.75, 3.05) is 45.3 Å². The molecule has 13 heteroatoms. The number of likely N-dealkylation sites (N-methyl/N-ethyl adjacent to an activating group) is 1. The molecular formula is C26H37N5O7S. The molecule has 1 saturated heterocycles. The molecular weight excluding hydrogens is 526 g/mol. The van der Waals surface area contributed by atoms with E-state index in [1.54, 1.807) is 41.6 Å². The Morgan fingerprint density at radius 1 is 1.31 bits per heavy atom. The van der Waals surface area contributed by atoms with E-state index in [2.05, 4.69) is 10.3 Å². The summed E-state index contributed by atoms with van der Waals surface area (Å²) in [4.78, 5) is 32.3. The number of hydrogen-bond donors (Lipinski definition) is 2. The molecule has 2 aliphatic heterocycles. The van der Waals surface area contributed by atoms with E-state index in [1.807, 2.05) is 6.92 Å². The van der Waals surface area contributed by atoms with E-state index < -0.39 is 22.2 Å². The largest absolute Gasteiger partial charge is 0.486 e. The summed E-state index contributed by atoms with van der Waals surface area (Å²) in [5.74, 6) is -0.901. The van der Waals surface area contributed by atoms with Crippen molar-refractivity contribution in [3.63, 3.8) is 0 Å². The maximum Gasteiger partial charge on any atom is 0.261 e. The second-order valence-electron chi connectivity index (χ2n) is 10.3. The van der Waals surface area contributed by atoms with E-state index >= 15 is 0 Å². The number of aromatic nitrogens is 2. The molecule has 2 aromatic rings. The van der Waals surface area contributed by atoms with Crippen LogP contribution < -0.4 is 10.1 Å². The minimum absolute atomic E-state index is 0.0305. The molecule has 0 bridgehead atoms. The van der Waals surface area contributed by atoms with E-state index in [9.17, 15) is 23.1 Å². The van der Waals surface area contributed by atoms with Crippen molar-refractivity contribution in [2.24, 2.45) is 18.9 Å². The van der Waals surface area contributed by atoms with Crippen LogP contribution in [0.5, 0.6) is 5.75 Å². The average molecular weight is 564 g/mol. The maximum atomic E-state index is 13.6. The average Bonchev–Trinajstić information content (AvgIpc) is 3.38. The summed E-state index contributed by atoms with van der Waals surface area (Å²) in [6, 6.07) is 4.46. The third kappa shape index (κ3) is 6.26. The summed E-state index contributed by atoms with van der Waals surface area (Å²) in [7, 11) is -0.765. The fraction of sp³-hybridized carbons (Fsp3) is 0.577. The molecule has 4 rings (SSSR count). The Balaban J connectivity index is 1.69. The topological polar surface area (TPSA) is 143 Å². The molecule has 1 aromatic heterocycles. The molecule has 2 N–H and O–H groups in total. The van der Waals surface area contributed by atoms with Gasteiger partial charge in [0.15, 0.2) is 10.8 Å². The summed E-state index contributed by atoms with van der Waals surface area (Å²) in [6.45, 7) is 4.58. The summed E-state index contributed by atoms with van der Waals surface area (Å²) >= 11 is 0. The van der Waals surface area contributed by atoms with E-state index in [0.717, 1.165) is 0 Å². The molecule has 2 amide bonds. The molecule has 3 atom stereocenters. The number of imidazole rings is 1. The molecule has 0 spiro atoms. The van der Waals surface area contributed by atoms with Gasteiger partial charge in [0, 0.05) is 51.9 Å². The number of ether oxygens (including phenoxy) is 2. The molecule has 12 nitrogen and oxygen atoms in total. The Labute approximate surface area is 228 Å². The normalized spacial score (nSPS) is 21.6. The highest BCUT2D eigenvalue weighted by atomic mass is 32.2. The van der Waals surface area contributed by atoms with Crippen molar-refractivity contribution in [1.29, 1.82) is 0 Å². The number of benzene rings is 1. The van der Waals surface area contributed by atoms with E-state index in [1.165, 1.54) is 23.9 Å². The van der Waals surface area contributed by atoms with Crippen LogP contribution in [0.15, 0.2) is 35.7 Å². The van der Waals surface area contributed by atoms with Gasteiger partial charge in [0.05, 0.1) is 36.8 Å². The summed E-state index contributed by atoms with van der Waals surface area (Å²) in [5.41, 5.74) is 0.565. The number of fused-ring (bicyclic) bond motifs is 1. The van der Waals surface area contributed by atoms with Crippen LogP contribution in [0.2, 0.25) is 0 Å². The van der Waals surface area contributed by atoms with Crippen LogP contribution in [-0.2, 0) is 26.6 Å². The molecule has 0 aliphatic carbocycles. The minimum Gasteiger partial charge on any atom is -0.486 e. The Hall–Kier alpha value is -3.00. The molecule has 3 heterocycles. The lowest BCUT2D eigenvalue weighted by Gasteiger charge is -2.38. The second kappa shape index (κ2) is 12.0. The lowest BCUT2D eigenvalue weighted by Crippen LogP contribution is -2.50. The molecule has 0 saturated carbocycles. The summed E-state index contributed by atoms with van der Waals surface area (Å²) in [6.07, 6.45) is 3.35. The number of para-hydroxylation sites is 1. The van der Waals surface area contributed by atoms with Crippen LogP contribution in [0.3, 0.4) is 0 Å². The number of aliphatic hydroxyl groups excluding tert-OH is 1. The van der Waals surface area contributed by atoms with Gasteiger partial charge >= 0.3 is 0 Å². The van der Waals surface area contributed by atoms with Crippen molar-refractivity contribution < 1.29 is 32.6 Å².